The monoisotopic (exact) mass is 378 g/mol. The summed E-state index contributed by atoms with van der Waals surface area (Å²) in [7, 11) is 0. The van der Waals surface area contributed by atoms with Crippen molar-refractivity contribution in [3.05, 3.63) is 63.6 Å². The van der Waals surface area contributed by atoms with Gasteiger partial charge < -0.3 is 10.2 Å². The second-order valence-electron chi connectivity index (χ2n) is 5.48. The molecule has 0 atom stereocenters. The molecule has 0 unspecified atom stereocenters. The van der Waals surface area contributed by atoms with Gasteiger partial charge >= 0.3 is 0 Å². The average Bonchev–Trinajstić information content (AvgIpc) is 2.59. The van der Waals surface area contributed by atoms with Gasteiger partial charge in [-0.2, -0.15) is 0 Å². The van der Waals surface area contributed by atoms with Crippen LogP contribution in [-0.4, -0.2) is 29.8 Å². The second-order valence-corrected chi connectivity index (χ2v) is 6.30. The summed E-state index contributed by atoms with van der Waals surface area (Å²) in [5, 5.41) is 3.69. The molecule has 2 aromatic carbocycles. The van der Waals surface area contributed by atoms with Gasteiger partial charge in [-0.05, 0) is 49.7 Å². The van der Waals surface area contributed by atoms with Crippen molar-refractivity contribution in [3.8, 4) is 0 Å². The Morgan fingerprint density at radius 1 is 1.00 bits per heavy atom. The van der Waals surface area contributed by atoms with E-state index in [1.165, 1.54) is 0 Å². The van der Waals surface area contributed by atoms with Crippen LogP contribution >= 0.6 is 23.2 Å². The van der Waals surface area contributed by atoms with Gasteiger partial charge in [0.1, 0.15) is 0 Å². The van der Waals surface area contributed by atoms with E-state index in [-0.39, 0.29) is 18.2 Å². The Morgan fingerprint density at radius 2 is 1.60 bits per heavy atom. The number of rotatable bonds is 6. The largest absolute Gasteiger partial charge is 0.339 e. The van der Waals surface area contributed by atoms with Crippen LogP contribution < -0.4 is 5.32 Å². The molecule has 6 heteroatoms. The van der Waals surface area contributed by atoms with Crippen molar-refractivity contribution >= 4 is 40.7 Å². The lowest BCUT2D eigenvalue weighted by molar-refractivity contribution is -0.115. The van der Waals surface area contributed by atoms with Crippen LogP contribution in [0.15, 0.2) is 42.5 Å². The molecule has 0 aliphatic heterocycles. The number of carbonyl (C=O) groups is 2. The van der Waals surface area contributed by atoms with Crippen LogP contribution in [0.4, 0.5) is 5.69 Å². The summed E-state index contributed by atoms with van der Waals surface area (Å²) in [6.45, 7) is 5.13. The maximum atomic E-state index is 12.4. The fourth-order valence-corrected chi connectivity index (χ4v) is 3.02. The molecule has 0 aliphatic rings. The highest BCUT2D eigenvalue weighted by molar-refractivity contribution is 6.36. The van der Waals surface area contributed by atoms with Crippen LogP contribution in [0.25, 0.3) is 0 Å². The van der Waals surface area contributed by atoms with Gasteiger partial charge in [0.15, 0.2) is 0 Å². The average molecular weight is 379 g/mol. The van der Waals surface area contributed by atoms with Crippen molar-refractivity contribution in [2.24, 2.45) is 0 Å². The Balaban J connectivity index is 2.11. The summed E-state index contributed by atoms with van der Waals surface area (Å²) in [6.07, 6.45) is 0.0622. The maximum absolute atomic E-state index is 12.4. The molecule has 2 amide bonds. The molecule has 0 heterocycles. The van der Waals surface area contributed by atoms with Gasteiger partial charge in [-0.15, -0.1) is 0 Å². The highest BCUT2D eigenvalue weighted by Crippen LogP contribution is 2.25. The lowest BCUT2D eigenvalue weighted by Gasteiger charge is -2.19. The van der Waals surface area contributed by atoms with E-state index in [1.54, 1.807) is 47.4 Å². The zero-order valence-corrected chi connectivity index (χ0v) is 15.7. The van der Waals surface area contributed by atoms with Crippen molar-refractivity contribution in [3.63, 3.8) is 0 Å². The minimum Gasteiger partial charge on any atom is -0.339 e. The van der Waals surface area contributed by atoms with Gasteiger partial charge in [0.05, 0.1) is 6.42 Å². The zero-order valence-electron chi connectivity index (χ0n) is 14.2. The maximum Gasteiger partial charge on any atom is 0.253 e. The van der Waals surface area contributed by atoms with Gasteiger partial charge in [0.25, 0.3) is 5.91 Å². The van der Waals surface area contributed by atoms with E-state index < -0.39 is 0 Å². The first-order valence-corrected chi connectivity index (χ1v) is 8.83. The lowest BCUT2D eigenvalue weighted by Crippen LogP contribution is -2.30. The molecule has 0 radical (unpaired) electrons. The molecule has 25 heavy (non-hydrogen) atoms. The Kier molecular flexibility index (Phi) is 6.85. The Bertz CT molecular complexity index is 754. The molecule has 0 fully saturated rings. The van der Waals surface area contributed by atoms with Crippen LogP contribution in [0.1, 0.15) is 29.8 Å². The minimum absolute atomic E-state index is 0.0600. The van der Waals surface area contributed by atoms with Gasteiger partial charge in [-0.25, -0.2) is 0 Å². The highest BCUT2D eigenvalue weighted by Gasteiger charge is 2.14. The third kappa shape index (κ3) is 4.97. The van der Waals surface area contributed by atoms with Gasteiger partial charge in [-0.3, -0.25) is 9.59 Å². The van der Waals surface area contributed by atoms with Crippen LogP contribution in [-0.2, 0) is 11.2 Å². The van der Waals surface area contributed by atoms with Crippen LogP contribution in [0.2, 0.25) is 10.0 Å². The number of carbonyl (C=O) groups excluding carboxylic acids is 2. The molecule has 0 bridgehead atoms. The number of halogens is 2. The highest BCUT2D eigenvalue weighted by atomic mass is 35.5. The summed E-state index contributed by atoms with van der Waals surface area (Å²) in [5.41, 5.74) is 1.68. The first kappa shape index (κ1) is 19.3. The molecule has 0 aliphatic carbocycles. The first-order valence-electron chi connectivity index (χ1n) is 8.08. The Morgan fingerprint density at radius 3 is 2.20 bits per heavy atom. The summed E-state index contributed by atoms with van der Waals surface area (Å²) in [6, 6.07) is 12.0. The predicted molar refractivity (Wildman–Crippen MR) is 102 cm³/mol. The molecule has 0 saturated heterocycles. The number of anilines is 1. The molecule has 4 nitrogen and oxygen atoms in total. The van der Waals surface area contributed by atoms with Gasteiger partial charge in [0.2, 0.25) is 5.91 Å². The standard InChI is InChI=1S/C19H20Cl2N2O2/c1-3-23(4-2)19(25)13-7-5-8-14(11-13)22-18(24)12-15-16(20)9-6-10-17(15)21/h5-11H,3-4,12H2,1-2H3,(H,22,24). The molecule has 132 valence electrons. The van der Waals surface area contributed by atoms with E-state index in [2.05, 4.69) is 5.32 Å². The number of nitrogens with one attached hydrogen (secondary N) is 1. The molecule has 0 spiro atoms. The van der Waals surface area contributed by atoms with E-state index in [4.69, 9.17) is 23.2 Å². The molecule has 2 rings (SSSR count). The van der Waals surface area contributed by atoms with E-state index in [1.807, 2.05) is 13.8 Å². The topological polar surface area (TPSA) is 49.4 Å². The number of hydrogen-bond donors (Lipinski definition) is 1. The zero-order chi connectivity index (χ0) is 18.4. The molecule has 2 aromatic rings. The number of benzene rings is 2. The third-order valence-electron chi connectivity index (χ3n) is 3.84. The number of amides is 2. The predicted octanol–water partition coefficient (Wildman–Crippen LogP) is 4.66. The van der Waals surface area contributed by atoms with Gasteiger partial charge in [-0.1, -0.05) is 35.3 Å². The van der Waals surface area contributed by atoms with Crippen molar-refractivity contribution in [1.82, 2.24) is 4.90 Å². The van der Waals surface area contributed by atoms with E-state index in [0.29, 0.717) is 39.9 Å². The molecular weight excluding hydrogens is 359 g/mol. The van der Waals surface area contributed by atoms with Crippen molar-refractivity contribution in [2.75, 3.05) is 18.4 Å². The summed E-state index contributed by atoms with van der Waals surface area (Å²) in [4.78, 5) is 26.4. The lowest BCUT2D eigenvalue weighted by atomic mass is 10.1. The van der Waals surface area contributed by atoms with E-state index in [9.17, 15) is 9.59 Å². The van der Waals surface area contributed by atoms with Crippen molar-refractivity contribution < 1.29 is 9.59 Å². The summed E-state index contributed by atoms with van der Waals surface area (Å²) < 4.78 is 0. The summed E-state index contributed by atoms with van der Waals surface area (Å²) in [5.74, 6) is -0.308. The number of nitrogens with zero attached hydrogens (tertiary/aromatic N) is 1. The van der Waals surface area contributed by atoms with Crippen LogP contribution in [0.3, 0.4) is 0 Å². The van der Waals surface area contributed by atoms with Crippen LogP contribution in [0, 0.1) is 0 Å². The van der Waals surface area contributed by atoms with Crippen molar-refractivity contribution in [1.29, 1.82) is 0 Å². The Labute approximate surface area is 157 Å². The van der Waals surface area contributed by atoms with E-state index >= 15 is 0 Å². The quantitative estimate of drug-likeness (QED) is 0.794. The fraction of sp³-hybridized carbons (Fsp3) is 0.263. The molecule has 1 N–H and O–H groups in total. The second kappa shape index (κ2) is 8.88. The SMILES string of the molecule is CCN(CC)C(=O)c1cccc(NC(=O)Cc2c(Cl)cccc2Cl)c1. The van der Waals surface area contributed by atoms with Crippen LogP contribution in [0.5, 0.6) is 0 Å². The molecule has 0 saturated carbocycles. The fourth-order valence-electron chi connectivity index (χ4n) is 2.49. The Hall–Kier alpha value is -2.04. The normalized spacial score (nSPS) is 10.4. The third-order valence-corrected chi connectivity index (χ3v) is 4.55. The smallest absolute Gasteiger partial charge is 0.253 e. The first-order chi connectivity index (χ1) is 12.0. The van der Waals surface area contributed by atoms with Crippen molar-refractivity contribution in [2.45, 2.75) is 20.3 Å². The molecular formula is C19H20Cl2N2O2. The van der Waals surface area contributed by atoms with Gasteiger partial charge in [0, 0.05) is 34.4 Å². The summed E-state index contributed by atoms with van der Waals surface area (Å²) >= 11 is 12.2. The number of hydrogen-bond acceptors (Lipinski definition) is 2. The molecule has 0 aromatic heterocycles. The minimum atomic E-state index is -0.248. The van der Waals surface area contributed by atoms with E-state index in [0.717, 1.165) is 0 Å².